The highest BCUT2D eigenvalue weighted by molar-refractivity contribution is 7.14. The van der Waals surface area contributed by atoms with Crippen LogP contribution in [0, 0.1) is 0 Å². The Hall–Kier alpha value is -1.77. The number of nitrogens with zero attached hydrogens (tertiary/aromatic N) is 1. The van der Waals surface area contributed by atoms with E-state index in [9.17, 15) is 9.59 Å². The molecule has 2 aromatic heterocycles. The third-order valence-electron chi connectivity index (χ3n) is 2.81. The van der Waals surface area contributed by atoms with Gasteiger partial charge in [0.1, 0.15) is 0 Å². The Labute approximate surface area is 136 Å². The molecule has 6 nitrogen and oxygen atoms in total. The first-order valence-electron chi connectivity index (χ1n) is 6.95. The van der Waals surface area contributed by atoms with Crippen molar-refractivity contribution in [2.45, 2.75) is 19.3 Å². The molecular formula is C14H18N4O2S2. The van der Waals surface area contributed by atoms with Gasteiger partial charge >= 0.3 is 0 Å². The Kier molecular flexibility index (Phi) is 6.50. The molecular weight excluding hydrogens is 320 g/mol. The van der Waals surface area contributed by atoms with Crippen molar-refractivity contribution in [3.05, 3.63) is 33.5 Å². The van der Waals surface area contributed by atoms with E-state index in [1.54, 1.807) is 11.4 Å². The van der Waals surface area contributed by atoms with Gasteiger partial charge in [-0.1, -0.05) is 6.07 Å². The van der Waals surface area contributed by atoms with E-state index in [0.29, 0.717) is 28.8 Å². The molecule has 2 amide bonds. The molecule has 22 heavy (non-hydrogen) atoms. The quantitative estimate of drug-likeness (QED) is 0.640. The van der Waals surface area contributed by atoms with Gasteiger partial charge in [-0.25, -0.2) is 4.98 Å². The minimum absolute atomic E-state index is 0.0709. The number of unbranched alkanes of at least 4 members (excludes halogenated alkanes) is 1. The predicted octanol–water partition coefficient (Wildman–Crippen LogP) is 1.85. The number of carbonyl (C=O) groups is 2. The molecule has 0 saturated carbocycles. The SMILES string of the molecule is NCCCCNC(=O)Cc1csc(NC(=O)c2cccs2)n1. The number of carbonyl (C=O) groups excluding carboxylic acids is 2. The van der Waals surface area contributed by atoms with Crippen molar-refractivity contribution in [1.29, 1.82) is 0 Å². The van der Waals surface area contributed by atoms with Crippen LogP contribution in [0.5, 0.6) is 0 Å². The Morgan fingerprint density at radius 3 is 2.86 bits per heavy atom. The van der Waals surface area contributed by atoms with Crippen molar-refractivity contribution < 1.29 is 9.59 Å². The number of thiophene rings is 1. The van der Waals surface area contributed by atoms with E-state index in [1.165, 1.54) is 22.7 Å². The van der Waals surface area contributed by atoms with Gasteiger partial charge in [0, 0.05) is 11.9 Å². The molecule has 0 radical (unpaired) electrons. The first kappa shape index (κ1) is 16.6. The van der Waals surface area contributed by atoms with Gasteiger partial charge in [0.25, 0.3) is 5.91 Å². The van der Waals surface area contributed by atoms with Gasteiger partial charge < -0.3 is 11.1 Å². The lowest BCUT2D eigenvalue weighted by molar-refractivity contribution is -0.120. The minimum atomic E-state index is -0.179. The number of amides is 2. The first-order valence-corrected chi connectivity index (χ1v) is 8.71. The van der Waals surface area contributed by atoms with Gasteiger partial charge in [0.15, 0.2) is 5.13 Å². The molecule has 118 valence electrons. The monoisotopic (exact) mass is 338 g/mol. The van der Waals surface area contributed by atoms with Crippen LogP contribution in [0.15, 0.2) is 22.9 Å². The Bertz CT molecular complexity index is 610. The lowest BCUT2D eigenvalue weighted by Crippen LogP contribution is -2.26. The number of aromatic nitrogens is 1. The van der Waals surface area contributed by atoms with Crippen LogP contribution in [-0.4, -0.2) is 29.9 Å². The molecule has 8 heteroatoms. The van der Waals surface area contributed by atoms with Gasteiger partial charge in [-0.05, 0) is 30.8 Å². The number of hydrogen-bond acceptors (Lipinski definition) is 6. The van der Waals surface area contributed by atoms with Crippen molar-refractivity contribution in [2.75, 3.05) is 18.4 Å². The number of anilines is 1. The van der Waals surface area contributed by atoms with Crippen LogP contribution in [0.2, 0.25) is 0 Å². The number of nitrogens with one attached hydrogen (secondary N) is 2. The summed E-state index contributed by atoms with van der Waals surface area (Å²) in [5, 5.41) is 9.68. The maximum absolute atomic E-state index is 11.9. The van der Waals surface area contributed by atoms with Crippen LogP contribution in [-0.2, 0) is 11.2 Å². The molecule has 0 spiro atoms. The lowest BCUT2D eigenvalue weighted by Gasteiger charge is -2.02. The second-order valence-electron chi connectivity index (χ2n) is 4.60. The summed E-state index contributed by atoms with van der Waals surface area (Å²) in [6.07, 6.45) is 1.99. The molecule has 2 aromatic rings. The summed E-state index contributed by atoms with van der Waals surface area (Å²) >= 11 is 2.69. The Morgan fingerprint density at radius 1 is 1.27 bits per heavy atom. The second-order valence-corrected chi connectivity index (χ2v) is 6.40. The molecule has 0 fully saturated rings. The fourth-order valence-electron chi connectivity index (χ4n) is 1.74. The lowest BCUT2D eigenvalue weighted by atomic mass is 10.3. The summed E-state index contributed by atoms with van der Waals surface area (Å²) in [4.78, 5) is 28.5. The molecule has 0 aliphatic carbocycles. The van der Waals surface area contributed by atoms with Crippen molar-refractivity contribution in [2.24, 2.45) is 5.73 Å². The van der Waals surface area contributed by atoms with Gasteiger partial charge in [0.2, 0.25) is 5.91 Å². The normalized spacial score (nSPS) is 10.4. The van der Waals surface area contributed by atoms with Crippen molar-refractivity contribution >= 4 is 39.6 Å². The van der Waals surface area contributed by atoms with Gasteiger partial charge in [-0.3, -0.25) is 14.9 Å². The third-order valence-corrected chi connectivity index (χ3v) is 4.49. The summed E-state index contributed by atoms with van der Waals surface area (Å²) in [5.74, 6) is -0.249. The molecule has 4 N–H and O–H groups in total. The fourth-order valence-corrected chi connectivity index (χ4v) is 3.06. The van der Waals surface area contributed by atoms with E-state index in [-0.39, 0.29) is 18.2 Å². The zero-order valence-electron chi connectivity index (χ0n) is 12.0. The highest BCUT2D eigenvalue weighted by atomic mass is 32.1. The number of thiazole rings is 1. The summed E-state index contributed by atoms with van der Waals surface area (Å²) in [6, 6.07) is 3.57. The second kappa shape index (κ2) is 8.62. The van der Waals surface area contributed by atoms with Crippen LogP contribution in [0.4, 0.5) is 5.13 Å². The maximum atomic E-state index is 11.9. The maximum Gasteiger partial charge on any atom is 0.267 e. The average molecular weight is 338 g/mol. The van der Waals surface area contributed by atoms with E-state index in [4.69, 9.17) is 5.73 Å². The fraction of sp³-hybridized carbons (Fsp3) is 0.357. The standard InChI is InChI=1S/C14H18N4O2S2/c15-5-1-2-6-16-12(19)8-10-9-22-14(17-10)18-13(20)11-4-3-7-21-11/h3-4,7,9H,1-2,5-6,8,15H2,(H,16,19)(H,17,18,20). The molecule has 0 saturated heterocycles. The van der Waals surface area contributed by atoms with Gasteiger partial charge in [0.05, 0.1) is 17.0 Å². The summed E-state index contributed by atoms with van der Waals surface area (Å²) in [5.41, 5.74) is 6.05. The molecule has 0 aliphatic rings. The molecule has 2 rings (SSSR count). The van der Waals surface area contributed by atoms with Crippen LogP contribution in [0.3, 0.4) is 0 Å². The molecule has 0 aliphatic heterocycles. The van der Waals surface area contributed by atoms with Crippen molar-refractivity contribution in [3.63, 3.8) is 0 Å². The number of rotatable bonds is 8. The Balaban J connectivity index is 1.78. The Morgan fingerprint density at radius 2 is 2.14 bits per heavy atom. The largest absolute Gasteiger partial charge is 0.356 e. The minimum Gasteiger partial charge on any atom is -0.356 e. The highest BCUT2D eigenvalue weighted by Gasteiger charge is 2.11. The molecule has 0 aromatic carbocycles. The molecule has 0 unspecified atom stereocenters. The van der Waals surface area contributed by atoms with Crippen molar-refractivity contribution in [3.8, 4) is 0 Å². The third kappa shape index (κ3) is 5.21. The summed E-state index contributed by atoms with van der Waals surface area (Å²) < 4.78 is 0. The first-order chi connectivity index (χ1) is 10.7. The molecule has 0 bridgehead atoms. The summed E-state index contributed by atoms with van der Waals surface area (Å²) in [7, 11) is 0. The molecule has 2 heterocycles. The van der Waals surface area contributed by atoms with Crippen molar-refractivity contribution in [1.82, 2.24) is 10.3 Å². The topological polar surface area (TPSA) is 97.1 Å². The van der Waals surface area contributed by atoms with E-state index in [0.717, 1.165) is 12.8 Å². The highest BCUT2D eigenvalue weighted by Crippen LogP contribution is 2.18. The van der Waals surface area contributed by atoms with E-state index < -0.39 is 0 Å². The van der Waals surface area contributed by atoms with E-state index in [2.05, 4.69) is 15.6 Å². The van der Waals surface area contributed by atoms with E-state index >= 15 is 0 Å². The van der Waals surface area contributed by atoms with Crippen LogP contribution < -0.4 is 16.4 Å². The smallest absolute Gasteiger partial charge is 0.267 e. The van der Waals surface area contributed by atoms with Crippen LogP contribution in [0.1, 0.15) is 28.2 Å². The molecule has 0 atom stereocenters. The van der Waals surface area contributed by atoms with E-state index in [1.807, 2.05) is 11.4 Å². The zero-order valence-corrected chi connectivity index (χ0v) is 13.6. The van der Waals surface area contributed by atoms with Crippen LogP contribution >= 0.6 is 22.7 Å². The number of hydrogen-bond donors (Lipinski definition) is 3. The summed E-state index contributed by atoms with van der Waals surface area (Å²) in [6.45, 7) is 1.26. The van der Waals surface area contributed by atoms with Gasteiger partial charge in [-0.15, -0.1) is 22.7 Å². The average Bonchev–Trinajstić information content (AvgIpc) is 3.15. The van der Waals surface area contributed by atoms with Crippen LogP contribution in [0.25, 0.3) is 0 Å². The van der Waals surface area contributed by atoms with Gasteiger partial charge in [-0.2, -0.15) is 0 Å². The predicted molar refractivity (Wildman–Crippen MR) is 89.4 cm³/mol. The number of nitrogens with two attached hydrogens (primary N) is 1. The zero-order chi connectivity index (χ0) is 15.8.